The van der Waals surface area contributed by atoms with Gasteiger partial charge in [0.25, 0.3) is 0 Å². The van der Waals surface area contributed by atoms with Crippen LogP contribution in [0.2, 0.25) is 0 Å². The number of nitrogens with two attached hydrogens (primary N) is 1. The van der Waals surface area contributed by atoms with Gasteiger partial charge in [-0.05, 0) is 31.0 Å². The highest BCUT2D eigenvalue weighted by atomic mass is 32.2. The van der Waals surface area contributed by atoms with E-state index in [1.165, 1.54) is 12.1 Å². The molecule has 11 heteroatoms. The van der Waals surface area contributed by atoms with E-state index >= 15 is 0 Å². The number of hydrogen-bond donors (Lipinski definition) is 1. The van der Waals surface area contributed by atoms with E-state index in [1.807, 2.05) is 9.80 Å². The summed E-state index contributed by atoms with van der Waals surface area (Å²) in [6.07, 6.45) is 3.16. The molecule has 2 aliphatic heterocycles. The van der Waals surface area contributed by atoms with Crippen molar-refractivity contribution >= 4 is 31.5 Å². The summed E-state index contributed by atoms with van der Waals surface area (Å²) in [6.45, 7) is 4.37. The Kier molecular flexibility index (Phi) is 5.99. The second kappa shape index (κ2) is 7.97. The molecule has 0 atom stereocenters. The number of benzene rings is 1. The Morgan fingerprint density at radius 3 is 2.14 bits per heavy atom. The molecule has 3 rings (SSSR count). The largest absolute Gasteiger partial charge is 0.368 e. The second-order valence-electron chi connectivity index (χ2n) is 7.30. The molecule has 0 unspecified atom stereocenters. The number of likely N-dealkylation sites (tertiary alicyclic amines) is 1. The lowest BCUT2D eigenvalue weighted by Gasteiger charge is -2.37. The molecule has 0 spiro atoms. The van der Waals surface area contributed by atoms with E-state index in [1.54, 1.807) is 0 Å². The van der Waals surface area contributed by atoms with Gasteiger partial charge < -0.3 is 9.80 Å². The van der Waals surface area contributed by atoms with Gasteiger partial charge in [0.15, 0.2) is 9.84 Å². The van der Waals surface area contributed by atoms with Crippen molar-refractivity contribution in [2.45, 2.75) is 22.6 Å². The van der Waals surface area contributed by atoms with E-state index < -0.39 is 19.9 Å². The average molecular weight is 431 g/mol. The third-order valence-electron chi connectivity index (χ3n) is 5.19. The predicted octanol–water partition coefficient (Wildman–Crippen LogP) is -0.518. The third-order valence-corrected chi connectivity index (χ3v) is 7.23. The summed E-state index contributed by atoms with van der Waals surface area (Å²) in [7, 11) is -7.64. The summed E-state index contributed by atoms with van der Waals surface area (Å²) in [4.78, 5) is 17.9. The number of carbonyl (C=O) groups is 1. The molecule has 1 aromatic carbocycles. The molecule has 0 radical (unpaired) electrons. The minimum absolute atomic E-state index is 0.0550. The summed E-state index contributed by atoms with van der Waals surface area (Å²) in [5.41, 5.74) is 0.459. The van der Waals surface area contributed by atoms with Crippen LogP contribution in [0, 0.1) is 0 Å². The molecule has 0 saturated carbocycles. The van der Waals surface area contributed by atoms with Crippen molar-refractivity contribution in [3.8, 4) is 0 Å². The summed E-state index contributed by atoms with van der Waals surface area (Å²) in [6, 6.07) is 3.92. The Bertz CT molecular complexity index is 948. The monoisotopic (exact) mass is 430 g/mol. The maximum atomic E-state index is 12.3. The van der Waals surface area contributed by atoms with Crippen LogP contribution in [0.3, 0.4) is 0 Å². The third kappa shape index (κ3) is 4.83. The lowest BCUT2D eigenvalue weighted by atomic mass is 10.2. The van der Waals surface area contributed by atoms with Crippen LogP contribution in [0.15, 0.2) is 28.0 Å². The van der Waals surface area contributed by atoms with E-state index in [2.05, 4.69) is 4.90 Å². The quantitative estimate of drug-likeness (QED) is 0.667. The number of amides is 1. The molecule has 0 aromatic heterocycles. The first kappa shape index (κ1) is 21.0. The number of primary sulfonamides is 1. The summed E-state index contributed by atoms with van der Waals surface area (Å²) in [5.74, 6) is 0.139. The number of piperazine rings is 1. The Hall–Kier alpha value is -1.69. The molecule has 2 aliphatic rings. The van der Waals surface area contributed by atoms with Gasteiger partial charge in [0.1, 0.15) is 0 Å². The standard InChI is InChI=1S/C17H26N4O5S2/c1-27(23,24)16-12-14(28(18,25)26)4-5-15(16)20-10-8-19(9-11-20)13-17(22)21-6-2-3-7-21/h4-5,12H,2-3,6-11,13H2,1H3,(H2,18,25,26). The molecular weight excluding hydrogens is 404 g/mol. The van der Waals surface area contributed by atoms with Crippen LogP contribution < -0.4 is 10.0 Å². The number of sulfone groups is 1. The van der Waals surface area contributed by atoms with Crippen LogP contribution in [0.25, 0.3) is 0 Å². The molecule has 2 fully saturated rings. The molecule has 28 heavy (non-hydrogen) atoms. The fourth-order valence-electron chi connectivity index (χ4n) is 3.63. The molecule has 0 aliphatic carbocycles. The van der Waals surface area contributed by atoms with Gasteiger partial charge in [0, 0.05) is 45.5 Å². The van der Waals surface area contributed by atoms with Crippen LogP contribution in [-0.4, -0.2) is 84.6 Å². The fourth-order valence-corrected chi connectivity index (χ4v) is 5.17. The molecule has 2 heterocycles. The smallest absolute Gasteiger partial charge is 0.238 e. The summed E-state index contributed by atoms with van der Waals surface area (Å²) in [5, 5.41) is 5.13. The topological polar surface area (TPSA) is 121 Å². The highest BCUT2D eigenvalue weighted by molar-refractivity contribution is 7.91. The van der Waals surface area contributed by atoms with Crippen molar-refractivity contribution in [1.82, 2.24) is 9.80 Å². The molecule has 1 amide bonds. The normalized spacial score (nSPS) is 19.2. The first-order chi connectivity index (χ1) is 13.1. The number of rotatable bonds is 5. The van der Waals surface area contributed by atoms with Gasteiger partial charge >= 0.3 is 0 Å². The van der Waals surface area contributed by atoms with Gasteiger partial charge in [-0.15, -0.1) is 0 Å². The number of anilines is 1. The lowest BCUT2D eigenvalue weighted by Crippen LogP contribution is -2.50. The summed E-state index contributed by atoms with van der Waals surface area (Å²) < 4.78 is 47.6. The Labute approximate surface area is 166 Å². The molecular formula is C17H26N4O5S2. The number of hydrogen-bond acceptors (Lipinski definition) is 7. The van der Waals surface area contributed by atoms with Gasteiger partial charge in [-0.25, -0.2) is 22.0 Å². The van der Waals surface area contributed by atoms with Crippen LogP contribution in [-0.2, 0) is 24.7 Å². The zero-order chi connectivity index (χ0) is 20.5. The van der Waals surface area contributed by atoms with Crippen molar-refractivity contribution in [1.29, 1.82) is 0 Å². The Morgan fingerprint density at radius 2 is 1.61 bits per heavy atom. The zero-order valence-corrected chi connectivity index (χ0v) is 17.5. The molecule has 9 nitrogen and oxygen atoms in total. The lowest BCUT2D eigenvalue weighted by molar-refractivity contribution is -0.131. The maximum absolute atomic E-state index is 12.3. The van der Waals surface area contributed by atoms with Gasteiger partial charge in [-0.3, -0.25) is 9.69 Å². The first-order valence-electron chi connectivity index (χ1n) is 9.18. The number of nitrogens with zero attached hydrogens (tertiary/aromatic N) is 3. The number of sulfonamides is 1. The Balaban J connectivity index is 1.72. The van der Waals surface area contributed by atoms with E-state index in [0.717, 1.165) is 38.3 Å². The van der Waals surface area contributed by atoms with Crippen molar-refractivity contribution in [2.24, 2.45) is 5.14 Å². The highest BCUT2D eigenvalue weighted by Crippen LogP contribution is 2.29. The molecule has 1 aromatic rings. The molecule has 156 valence electrons. The van der Waals surface area contributed by atoms with Gasteiger partial charge in [0.2, 0.25) is 15.9 Å². The summed E-state index contributed by atoms with van der Waals surface area (Å²) >= 11 is 0. The highest BCUT2D eigenvalue weighted by Gasteiger charge is 2.26. The van der Waals surface area contributed by atoms with Crippen molar-refractivity contribution in [2.75, 3.05) is 57.0 Å². The van der Waals surface area contributed by atoms with E-state index in [0.29, 0.717) is 38.4 Å². The fraction of sp³-hybridized carbons (Fsp3) is 0.588. The van der Waals surface area contributed by atoms with Crippen molar-refractivity contribution in [3.63, 3.8) is 0 Å². The van der Waals surface area contributed by atoms with Crippen molar-refractivity contribution in [3.05, 3.63) is 18.2 Å². The van der Waals surface area contributed by atoms with Crippen LogP contribution in [0.4, 0.5) is 5.69 Å². The second-order valence-corrected chi connectivity index (χ2v) is 10.8. The first-order valence-corrected chi connectivity index (χ1v) is 12.6. The maximum Gasteiger partial charge on any atom is 0.238 e. The van der Waals surface area contributed by atoms with Gasteiger partial charge in [-0.2, -0.15) is 0 Å². The Morgan fingerprint density at radius 1 is 1.00 bits per heavy atom. The van der Waals surface area contributed by atoms with Crippen molar-refractivity contribution < 1.29 is 21.6 Å². The molecule has 2 saturated heterocycles. The zero-order valence-electron chi connectivity index (χ0n) is 15.9. The van der Waals surface area contributed by atoms with E-state index in [9.17, 15) is 21.6 Å². The van der Waals surface area contributed by atoms with Crippen LogP contribution in [0.5, 0.6) is 0 Å². The molecule has 2 N–H and O–H groups in total. The van der Waals surface area contributed by atoms with E-state index in [4.69, 9.17) is 5.14 Å². The van der Waals surface area contributed by atoms with Gasteiger partial charge in [-0.1, -0.05) is 0 Å². The van der Waals surface area contributed by atoms with Crippen LogP contribution in [0.1, 0.15) is 12.8 Å². The minimum Gasteiger partial charge on any atom is -0.368 e. The predicted molar refractivity (Wildman–Crippen MR) is 105 cm³/mol. The molecule has 0 bridgehead atoms. The van der Waals surface area contributed by atoms with Crippen LogP contribution >= 0.6 is 0 Å². The average Bonchev–Trinajstić information content (AvgIpc) is 3.15. The SMILES string of the molecule is CS(=O)(=O)c1cc(S(N)(=O)=O)ccc1N1CCN(CC(=O)N2CCCC2)CC1. The van der Waals surface area contributed by atoms with Gasteiger partial charge in [0.05, 0.1) is 22.0 Å². The minimum atomic E-state index is -4.00. The number of carbonyl (C=O) groups excluding carboxylic acids is 1. The van der Waals surface area contributed by atoms with E-state index in [-0.39, 0.29) is 15.7 Å².